The molecule has 19 heavy (non-hydrogen) atoms. The molecule has 0 aliphatic rings. The Kier molecular flexibility index (Phi) is 16.1. The van der Waals surface area contributed by atoms with Gasteiger partial charge in [-0.05, 0) is 25.7 Å². The second-order valence-electron chi connectivity index (χ2n) is 2.97. The minimum atomic E-state index is -1.47. The average Bonchev–Trinajstić information content (AvgIpc) is 2.10. The van der Waals surface area contributed by atoms with E-state index in [1.807, 2.05) is 0 Å². The SMILES string of the molecule is O=C([O-])CCC(Cl)(Cl)Cl.O=C([O-])CCC(Cl)(Cl)Cl.[Mg+2]. The van der Waals surface area contributed by atoms with Gasteiger partial charge < -0.3 is 19.8 Å². The van der Waals surface area contributed by atoms with E-state index < -0.39 is 19.5 Å². The van der Waals surface area contributed by atoms with Crippen LogP contribution in [0.1, 0.15) is 25.7 Å². The molecule has 0 radical (unpaired) electrons. The number of carbonyl (C=O) groups excluding carboxylic acids is 2. The largest absolute Gasteiger partial charge is 2.00 e. The number of aliphatic carboxylic acids is 2. The number of hydrogen-bond acceptors (Lipinski definition) is 4. The van der Waals surface area contributed by atoms with Crippen LogP contribution >= 0.6 is 69.6 Å². The monoisotopic (exact) mass is 402 g/mol. The molecule has 0 aliphatic carbocycles. The van der Waals surface area contributed by atoms with E-state index in [0.717, 1.165) is 0 Å². The predicted octanol–water partition coefficient (Wildman–Crippen LogP) is 1.39. The summed E-state index contributed by atoms with van der Waals surface area (Å²) < 4.78 is -2.94. The topological polar surface area (TPSA) is 80.3 Å². The van der Waals surface area contributed by atoms with Crippen LogP contribution in [-0.4, -0.2) is 42.6 Å². The first-order valence-electron chi connectivity index (χ1n) is 4.36. The summed E-state index contributed by atoms with van der Waals surface area (Å²) in [6.07, 6.45) is -0.479. The number of hydrogen-bond donors (Lipinski definition) is 0. The molecule has 0 bridgehead atoms. The molecule has 11 heteroatoms. The van der Waals surface area contributed by atoms with Crippen molar-refractivity contribution in [3.8, 4) is 0 Å². The van der Waals surface area contributed by atoms with Gasteiger partial charge in [0, 0.05) is 11.9 Å². The molecule has 0 aromatic heterocycles. The van der Waals surface area contributed by atoms with E-state index in [9.17, 15) is 19.8 Å². The van der Waals surface area contributed by atoms with Gasteiger partial charge in [0.05, 0.1) is 0 Å². The van der Waals surface area contributed by atoms with Crippen molar-refractivity contribution in [2.45, 2.75) is 33.3 Å². The molecule has 108 valence electrons. The van der Waals surface area contributed by atoms with Crippen molar-refractivity contribution >= 4 is 105 Å². The van der Waals surface area contributed by atoms with Crippen molar-refractivity contribution in [3.63, 3.8) is 0 Å². The van der Waals surface area contributed by atoms with E-state index in [-0.39, 0.29) is 48.7 Å². The second-order valence-corrected chi connectivity index (χ2v) is 8.01. The summed E-state index contributed by atoms with van der Waals surface area (Å²) >= 11 is 31.3. The smallest absolute Gasteiger partial charge is 0.550 e. The zero-order chi connectivity index (χ0) is 15.0. The Morgan fingerprint density at radius 1 is 0.737 bits per heavy atom. The number of rotatable bonds is 4. The van der Waals surface area contributed by atoms with Gasteiger partial charge in [-0.15, -0.1) is 0 Å². The van der Waals surface area contributed by atoms with E-state index in [2.05, 4.69) is 0 Å². The second kappa shape index (κ2) is 12.0. The maximum Gasteiger partial charge on any atom is 2.00 e. The van der Waals surface area contributed by atoms with Crippen LogP contribution in [0.5, 0.6) is 0 Å². The summed E-state index contributed by atoms with van der Waals surface area (Å²) in [5, 5.41) is 19.5. The first-order chi connectivity index (χ1) is 7.83. The van der Waals surface area contributed by atoms with Crippen molar-refractivity contribution in [1.82, 2.24) is 0 Å². The number of carboxylic acid groups (broad SMARTS) is 2. The van der Waals surface area contributed by atoms with Gasteiger partial charge in [-0.1, -0.05) is 69.6 Å². The summed E-state index contributed by atoms with van der Waals surface area (Å²) in [4.78, 5) is 19.5. The van der Waals surface area contributed by atoms with E-state index in [4.69, 9.17) is 69.6 Å². The zero-order valence-electron chi connectivity index (χ0n) is 9.44. The summed E-state index contributed by atoms with van der Waals surface area (Å²) in [6, 6.07) is 0. The van der Waals surface area contributed by atoms with Gasteiger partial charge >= 0.3 is 23.1 Å². The Hall–Kier alpha value is 1.45. The van der Waals surface area contributed by atoms with Gasteiger partial charge in [0.15, 0.2) is 7.59 Å². The molecule has 0 spiro atoms. The van der Waals surface area contributed by atoms with Crippen LogP contribution in [0.3, 0.4) is 0 Å². The van der Waals surface area contributed by atoms with Crippen LogP contribution in [0.2, 0.25) is 0 Å². The van der Waals surface area contributed by atoms with Crippen molar-refractivity contribution in [1.29, 1.82) is 0 Å². The average molecular weight is 405 g/mol. The van der Waals surface area contributed by atoms with Crippen LogP contribution in [0.15, 0.2) is 0 Å². The minimum absolute atomic E-state index is 0. The summed E-state index contributed by atoms with van der Waals surface area (Å²) in [5.41, 5.74) is 0. The van der Waals surface area contributed by atoms with Crippen molar-refractivity contribution in [2.24, 2.45) is 0 Å². The Morgan fingerprint density at radius 2 is 0.947 bits per heavy atom. The quantitative estimate of drug-likeness (QED) is 0.523. The van der Waals surface area contributed by atoms with Gasteiger partial charge in [-0.2, -0.15) is 0 Å². The van der Waals surface area contributed by atoms with Crippen LogP contribution in [0.25, 0.3) is 0 Å². The van der Waals surface area contributed by atoms with Gasteiger partial charge in [-0.3, -0.25) is 0 Å². The van der Waals surface area contributed by atoms with Gasteiger partial charge in [0.2, 0.25) is 0 Å². The summed E-state index contributed by atoms with van der Waals surface area (Å²) in [7, 11) is 0. The van der Waals surface area contributed by atoms with Gasteiger partial charge in [0.25, 0.3) is 0 Å². The predicted molar refractivity (Wildman–Crippen MR) is 74.8 cm³/mol. The molecule has 0 unspecified atom stereocenters. The third kappa shape index (κ3) is 32.7. The van der Waals surface area contributed by atoms with E-state index in [1.54, 1.807) is 0 Å². The fourth-order valence-electron chi connectivity index (χ4n) is 0.488. The molecule has 0 heterocycles. The third-order valence-corrected chi connectivity index (χ3v) is 2.36. The Balaban J connectivity index is -0.000000256. The van der Waals surface area contributed by atoms with Crippen molar-refractivity contribution < 1.29 is 19.8 Å². The minimum Gasteiger partial charge on any atom is -0.550 e. The van der Waals surface area contributed by atoms with E-state index in [1.165, 1.54) is 0 Å². The zero-order valence-corrected chi connectivity index (χ0v) is 15.4. The number of carboxylic acids is 2. The molecule has 4 nitrogen and oxygen atoms in total. The van der Waals surface area contributed by atoms with E-state index >= 15 is 0 Å². The van der Waals surface area contributed by atoms with Crippen molar-refractivity contribution in [2.75, 3.05) is 0 Å². The van der Waals surface area contributed by atoms with Crippen LogP contribution in [0.4, 0.5) is 0 Å². The number of alkyl halides is 6. The fourth-order valence-corrected chi connectivity index (χ4v) is 1.05. The summed E-state index contributed by atoms with van der Waals surface area (Å²) in [6.45, 7) is 0. The van der Waals surface area contributed by atoms with Crippen LogP contribution < -0.4 is 10.2 Å². The molecule has 0 amide bonds. The van der Waals surface area contributed by atoms with Gasteiger partial charge in [0.1, 0.15) is 0 Å². The van der Waals surface area contributed by atoms with E-state index in [0.29, 0.717) is 0 Å². The first kappa shape index (κ1) is 25.4. The molecule has 0 fully saturated rings. The molecule has 0 aromatic carbocycles. The first-order valence-corrected chi connectivity index (χ1v) is 6.63. The Labute approximate surface area is 156 Å². The van der Waals surface area contributed by atoms with Crippen LogP contribution in [-0.2, 0) is 9.59 Å². The maximum atomic E-state index is 9.76. The van der Waals surface area contributed by atoms with Crippen LogP contribution in [0, 0.1) is 0 Å². The molecule has 0 saturated heterocycles. The third-order valence-electron chi connectivity index (χ3n) is 1.23. The standard InChI is InChI=1S/2C4H5Cl3O2.Mg/c2*5-4(6,7)2-1-3(8)9;/h2*1-2H2,(H,8,9);/q;;+2/p-2. The van der Waals surface area contributed by atoms with Gasteiger partial charge in [-0.25, -0.2) is 0 Å². The normalized spacial score (nSPS) is 10.8. The molecule has 0 saturated carbocycles. The Morgan fingerprint density at radius 3 is 1.00 bits per heavy atom. The Bertz CT molecular complexity index is 247. The molecule has 0 aliphatic heterocycles. The molecule has 0 rings (SSSR count). The maximum absolute atomic E-state index is 9.76. The molecular formula is C8H8Cl6MgO4. The summed E-state index contributed by atoms with van der Waals surface area (Å²) in [5.74, 6) is -2.41. The number of halogens is 6. The fraction of sp³-hybridized carbons (Fsp3) is 0.750. The number of carbonyl (C=O) groups is 2. The molecule has 0 N–H and O–H groups in total. The molecule has 0 aromatic rings. The molecule has 0 atom stereocenters. The van der Waals surface area contributed by atoms with Crippen molar-refractivity contribution in [3.05, 3.63) is 0 Å². The molecular weight excluding hydrogens is 397 g/mol.